The van der Waals surface area contributed by atoms with E-state index in [0.717, 1.165) is 5.56 Å². The fourth-order valence-electron chi connectivity index (χ4n) is 3.40. The van der Waals surface area contributed by atoms with Gasteiger partial charge in [-0.05, 0) is 24.3 Å². The van der Waals surface area contributed by atoms with E-state index in [1.807, 2.05) is 58.0 Å². The van der Waals surface area contributed by atoms with E-state index in [2.05, 4.69) is 20.6 Å². The predicted octanol–water partition coefficient (Wildman–Crippen LogP) is 5.06. The predicted molar refractivity (Wildman–Crippen MR) is 137 cm³/mol. The van der Waals surface area contributed by atoms with Gasteiger partial charge in [0.25, 0.3) is 5.91 Å². The minimum atomic E-state index is -0.618. The van der Waals surface area contributed by atoms with E-state index in [4.69, 9.17) is 13.9 Å². The van der Waals surface area contributed by atoms with Crippen LogP contribution in [0, 0.1) is 11.8 Å². The van der Waals surface area contributed by atoms with Crippen molar-refractivity contribution in [3.63, 3.8) is 0 Å². The summed E-state index contributed by atoms with van der Waals surface area (Å²) in [6.07, 6.45) is 0.633. The second-order valence-electron chi connectivity index (χ2n) is 8.99. The Balaban J connectivity index is 1.66. The van der Waals surface area contributed by atoms with Gasteiger partial charge in [-0.1, -0.05) is 58.0 Å². The highest BCUT2D eigenvalue weighted by atomic mass is 32.1. The van der Waals surface area contributed by atoms with Crippen molar-refractivity contribution in [1.82, 2.24) is 20.6 Å². The SMILES string of the molecule is CCOC(=O)c1csc([C@@H](NC(=O)c2coc([C@@H](NC(=O)OCc3ccccc3)C(C)C)n2)C(C)C)n1. The van der Waals surface area contributed by atoms with Crippen LogP contribution in [0.4, 0.5) is 4.79 Å². The molecule has 3 aromatic rings. The lowest BCUT2D eigenvalue weighted by atomic mass is 10.0. The molecule has 0 aliphatic carbocycles. The first-order chi connectivity index (χ1) is 17.7. The molecule has 0 spiro atoms. The third-order valence-corrected chi connectivity index (χ3v) is 6.33. The van der Waals surface area contributed by atoms with Crippen LogP contribution < -0.4 is 10.6 Å². The van der Waals surface area contributed by atoms with E-state index in [1.54, 1.807) is 12.3 Å². The summed E-state index contributed by atoms with van der Waals surface area (Å²) < 4.78 is 15.9. The number of oxazole rings is 1. The molecule has 0 unspecified atom stereocenters. The van der Waals surface area contributed by atoms with Crippen LogP contribution in [0.5, 0.6) is 0 Å². The third-order valence-electron chi connectivity index (χ3n) is 5.40. The molecule has 198 valence electrons. The fourth-order valence-corrected chi connectivity index (χ4v) is 4.41. The zero-order valence-electron chi connectivity index (χ0n) is 21.5. The molecule has 0 fully saturated rings. The Bertz CT molecular complexity index is 1190. The topological polar surface area (TPSA) is 133 Å². The van der Waals surface area contributed by atoms with Gasteiger partial charge in [0.1, 0.15) is 23.9 Å². The van der Waals surface area contributed by atoms with Gasteiger partial charge < -0.3 is 24.5 Å². The van der Waals surface area contributed by atoms with Gasteiger partial charge in [-0.3, -0.25) is 4.79 Å². The van der Waals surface area contributed by atoms with Crippen molar-refractivity contribution < 1.29 is 28.3 Å². The van der Waals surface area contributed by atoms with Crippen LogP contribution >= 0.6 is 11.3 Å². The number of ether oxygens (including phenoxy) is 2. The number of nitrogens with one attached hydrogen (secondary N) is 2. The summed E-state index contributed by atoms with van der Waals surface area (Å²) >= 11 is 1.27. The van der Waals surface area contributed by atoms with E-state index in [0.29, 0.717) is 5.01 Å². The summed E-state index contributed by atoms with van der Waals surface area (Å²) in [7, 11) is 0. The van der Waals surface area contributed by atoms with Crippen molar-refractivity contribution in [2.75, 3.05) is 6.61 Å². The molecule has 0 aliphatic heterocycles. The lowest BCUT2D eigenvalue weighted by Gasteiger charge is -2.20. The van der Waals surface area contributed by atoms with Crippen LogP contribution in [0.15, 0.2) is 46.4 Å². The molecular formula is C26H32N4O6S. The van der Waals surface area contributed by atoms with E-state index in [9.17, 15) is 14.4 Å². The van der Waals surface area contributed by atoms with Crippen molar-refractivity contribution in [3.8, 4) is 0 Å². The van der Waals surface area contributed by atoms with E-state index >= 15 is 0 Å². The smallest absolute Gasteiger partial charge is 0.408 e. The summed E-state index contributed by atoms with van der Waals surface area (Å²) in [5.41, 5.74) is 1.13. The number of carbonyl (C=O) groups is 3. The van der Waals surface area contributed by atoms with Crippen LogP contribution in [-0.2, 0) is 16.1 Å². The normalized spacial score (nSPS) is 12.7. The van der Waals surface area contributed by atoms with Gasteiger partial charge in [-0.15, -0.1) is 11.3 Å². The van der Waals surface area contributed by atoms with E-state index in [-0.39, 0.29) is 42.3 Å². The monoisotopic (exact) mass is 528 g/mol. The largest absolute Gasteiger partial charge is 0.461 e. The van der Waals surface area contributed by atoms with Crippen molar-refractivity contribution in [2.24, 2.45) is 11.8 Å². The first-order valence-electron chi connectivity index (χ1n) is 12.1. The highest BCUT2D eigenvalue weighted by molar-refractivity contribution is 7.09. The highest BCUT2D eigenvalue weighted by Gasteiger charge is 2.28. The number of amides is 2. The van der Waals surface area contributed by atoms with Gasteiger partial charge in [0.05, 0.1) is 12.6 Å². The molecule has 0 bridgehead atoms. The molecule has 0 radical (unpaired) electrons. The van der Waals surface area contributed by atoms with Gasteiger partial charge in [-0.25, -0.2) is 19.6 Å². The second kappa shape index (κ2) is 13.0. The van der Waals surface area contributed by atoms with Crippen LogP contribution in [0.3, 0.4) is 0 Å². The Labute approximate surface area is 219 Å². The molecule has 2 amide bonds. The molecule has 3 rings (SSSR count). The number of benzene rings is 1. The van der Waals surface area contributed by atoms with Gasteiger partial charge in [0.15, 0.2) is 11.4 Å². The molecule has 0 saturated carbocycles. The molecule has 10 nitrogen and oxygen atoms in total. The lowest BCUT2D eigenvalue weighted by molar-refractivity contribution is 0.0520. The van der Waals surface area contributed by atoms with E-state index in [1.165, 1.54) is 17.6 Å². The van der Waals surface area contributed by atoms with Gasteiger partial charge in [0, 0.05) is 5.38 Å². The summed E-state index contributed by atoms with van der Waals surface area (Å²) in [5.74, 6) is -0.873. The molecule has 11 heteroatoms. The van der Waals surface area contributed by atoms with Crippen molar-refractivity contribution in [2.45, 2.75) is 53.3 Å². The van der Waals surface area contributed by atoms with Crippen LogP contribution in [0.1, 0.15) is 84.1 Å². The van der Waals surface area contributed by atoms with Gasteiger partial charge in [0.2, 0.25) is 5.89 Å². The van der Waals surface area contributed by atoms with Crippen molar-refractivity contribution in [1.29, 1.82) is 0 Å². The maximum atomic E-state index is 13.0. The number of esters is 1. The standard InChI is InChI=1S/C26H32N4O6S/c1-6-34-25(32)19-14-37-24(28-19)21(16(4)5)29-22(31)18-13-35-23(27-18)20(15(2)3)30-26(33)36-12-17-10-8-7-9-11-17/h7-11,13-16,20-21H,6,12H2,1-5H3,(H,29,31)(H,30,33)/t20-,21-/m0/s1. The number of rotatable bonds is 11. The van der Waals surface area contributed by atoms with Crippen LogP contribution in [-0.4, -0.2) is 34.5 Å². The molecule has 2 heterocycles. The quantitative estimate of drug-likeness (QED) is 0.330. The summed E-state index contributed by atoms with van der Waals surface area (Å²) in [4.78, 5) is 46.1. The van der Waals surface area contributed by atoms with Crippen LogP contribution in [0.2, 0.25) is 0 Å². The van der Waals surface area contributed by atoms with Gasteiger partial charge >= 0.3 is 12.1 Å². The average molecular weight is 529 g/mol. The lowest BCUT2D eigenvalue weighted by Crippen LogP contribution is -2.33. The molecule has 0 aliphatic rings. The van der Waals surface area contributed by atoms with E-state index < -0.39 is 30.1 Å². The van der Waals surface area contributed by atoms with Crippen molar-refractivity contribution in [3.05, 3.63) is 69.8 Å². The Morgan fingerprint density at radius 1 is 0.946 bits per heavy atom. The van der Waals surface area contributed by atoms with Gasteiger partial charge in [-0.2, -0.15) is 0 Å². The Morgan fingerprint density at radius 2 is 1.65 bits per heavy atom. The molecule has 1 aromatic carbocycles. The number of aromatic nitrogens is 2. The molecule has 2 aromatic heterocycles. The number of thiazole rings is 1. The first kappa shape index (κ1) is 27.9. The van der Waals surface area contributed by atoms with Crippen LogP contribution in [0.25, 0.3) is 0 Å². The zero-order chi connectivity index (χ0) is 26.9. The Kier molecular flexibility index (Phi) is 9.78. The maximum Gasteiger partial charge on any atom is 0.408 e. The van der Waals surface area contributed by atoms with Crippen molar-refractivity contribution >= 4 is 29.3 Å². The number of carbonyl (C=O) groups excluding carboxylic acids is 3. The summed E-state index contributed by atoms with van der Waals surface area (Å²) in [6, 6.07) is 8.29. The molecule has 2 N–H and O–H groups in total. The number of hydrogen-bond donors (Lipinski definition) is 2. The average Bonchev–Trinajstić information content (AvgIpc) is 3.55. The Hall–Kier alpha value is -3.73. The minimum absolute atomic E-state index is 0.0130. The number of hydrogen-bond acceptors (Lipinski definition) is 9. The first-order valence-corrected chi connectivity index (χ1v) is 12.9. The fraction of sp³-hybridized carbons (Fsp3) is 0.423. The summed E-state index contributed by atoms with van der Waals surface area (Å²) in [5, 5.41) is 7.87. The zero-order valence-corrected chi connectivity index (χ0v) is 22.3. The summed E-state index contributed by atoms with van der Waals surface area (Å²) in [6.45, 7) is 9.76. The minimum Gasteiger partial charge on any atom is -0.461 e. The maximum absolute atomic E-state index is 13.0. The third kappa shape index (κ3) is 7.63. The molecule has 0 saturated heterocycles. The molecule has 37 heavy (non-hydrogen) atoms. The highest BCUT2D eigenvalue weighted by Crippen LogP contribution is 2.27. The Morgan fingerprint density at radius 3 is 2.30 bits per heavy atom. The second-order valence-corrected chi connectivity index (χ2v) is 9.88. The molecular weight excluding hydrogens is 496 g/mol. The number of nitrogens with zero attached hydrogens (tertiary/aromatic N) is 2. The molecule has 2 atom stereocenters. The number of alkyl carbamates (subject to hydrolysis) is 1.